The first-order valence-corrected chi connectivity index (χ1v) is 18.8. The fourth-order valence-corrected chi connectivity index (χ4v) is 9.29. The summed E-state index contributed by atoms with van der Waals surface area (Å²) in [4.78, 5) is 34.1. The van der Waals surface area contributed by atoms with Crippen molar-refractivity contribution in [1.29, 1.82) is 0 Å². The van der Waals surface area contributed by atoms with Gasteiger partial charge in [-0.2, -0.15) is 9.97 Å². The van der Waals surface area contributed by atoms with Crippen LogP contribution in [0.5, 0.6) is 17.6 Å². The smallest absolute Gasteiger partial charge is 0.319 e. The second kappa shape index (κ2) is 12.5. The number of hydrogen-bond acceptors (Lipinski definition) is 10. The number of phenolic OH excluding ortho intramolecular Hbond substituents is 1. The molecular formula is C40H41F2N7O5. The Morgan fingerprint density at radius 1 is 1.07 bits per heavy atom. The molecule has 10 rings (SSSR count). The van der Waals surface area contributed by atoms with Crippen molar-refractivity contribution >= 4 is 33.5 Å². The maximum Gasteiger partial charge on any atom is 0.319 e. The number of phenols is 1. The minimum Gasteiger partial charge on any atom is -0.508 e. The van der Waals surface area contributed by atoms with E-state index < -0.39 is 11.6 Å². The highest BCUT2D eigenvalue weighted by Gasteiger charge is 2.51. The van der Waals surface area contributed by atoms with Crippen molar-refractivity contribution in [3.63, 3.8) is 0 Å². The van der Waals surface area contributed by atoms with Crippen molar-refractivity contribution in [2.24, 2.45) is 17.3 Å². The second-order valence-electron chi connectivity index (χ2n) is 16.1. The van der Waals surface area contributed by atoms with Gasteiger partial charge in [-0.25, -0.2) is 18.6 Å². The van der Waals surface area contributed by atoms with Gasteiger partial charge in [0, 0.05) is 49.1 Å². The number of piperidine rings is 1. The molecule has 4 aliphatic heterocycles. The van der Waals surface area contributed by atoms with Crippen LogP contribution in [0.15, 0.2) is 24.3 Å². The number of ether oxygens (including phenoxy) is 3. The van der Waals surface area contributed by atoms with Crippen molar-refractivity contribution < 1.29 is 32.9 Å². The van der Waals surface area contributed by atoms with Gasteiger partial charge >= 0.3 is 12.0 Å². The summed E-state index contributed by atoms with van der Waals surface area (Å²) >= 11 is 0. The molecule has 2 amide bonds. The summed E-state index contributed by atoms with van der Waals surface area (Å²) in [5.41, 5.74) is -0.302. The number of fused-ring (bicyclic) bond motifs is 5. The summed E-state index contributed by atoms with van der Waals surface area (Å²) in [6.45, 7) is 5.55. The lowest BCUT2D eigenvalue weighted by Crippen LogP contribution is -2.61. The van der Waals surface area contributed by atoms with Crippen molar-refractivity contribution in [3.8, 4) is 41.2 Å². The summed E-state index contributed by atoms with van der Waals surface area (Å²) in [7, 11) is 1.43. The van der Waals surface area contributed by atoms with Crippen LogP contribution in [-0.4, -0.2) is 114 Å². The minimum atomic E-state index is -0.820. The number of pyridine rings is 1. The van der Waals surface area contributed by atoms with Gasteiger partial charge in [-0.15, -0.1) is 6.42 Å². The third-order valence-electron chi connectivity index (χ3n) is 12.4. The number of aromatic hydroxyl groups is 1. The Labute approximate surface area is 310 Å². The monoisotopic (exact) mass is 737 g/mol. The van der Waals surface area contributed by atoms with Gasteiger partial charge in [-0.05, 0) is 67.5 Å². The molecule has 2 saturated carbocycles. The molecular weight excluding hydrogens is 696 g/mol. The number of halogens is 2. The molecule has 4 unspecified atom stereocenters. The summed E-state index contributed by atoms with van der Waals surface area (Å²) in [6.07, 6.45) is 10.8. The molecule has 12 nitrogen and oxygen atoms in total. The summed E-state index contributed by atoms with van der Waals surface area (Å²) < 4.78 is 49.9. The lowest BCUT2D eigenvalue weighted by molar-refractivity contribution is -0.00315. The van der Waals surface area contributed by atoms with Gasteiger partial charge in [0.1, 0.15) is 34.0 Å². The zero-order valence-corrected chi connectivity index (χ0v) is 30.0. The number of anilines is 1. The number of carbonyl (C=O) groups is 1. The van der Waals surface area contributed by atoms with Gasteiger partial charge in [0.05, 0.1) is 50.6 Å². The van der Waals surface area contributed by atoms with Crippen LogP contribution in [0, 0.1) is 41.2 Å². The zero-order chi connectivity index (χ0) is 36.9. The van der Waals surface area contributed by atoms with Gasteiger partial charge in [0.2, 0.25) is 5.88 Å². The van der Waals surface area contributed by atoms with E-state index in [0.717, 1.165) is 57.2 Å². The van der Waals surface area contributed by atoms with Gasteiger partial charge in [-0.1, -0.05) is 12.0 Å². The van der Waals surface area contributed by atoms with Crippen LogP contribution in [0.1, 0.15) is 37.7 Å². The Kier molecular flexibility index (Phi) is 7.79. The minimum absolute atomic E-state index is 0.00531. The molecule has 0 spiro atoms. The van der Waals surface area contributed by atoms with E-state index in [1.807, 2.05) is 4.90 Å². The van der Waals surface area contributed by atoms with Gasteiger partial charge in [-0.3, -0.25) is 0 Å². The highest BCUT2D eigenvalue weighted by Crippen LogP contribution is 2.51. The quantitative estimate of drug-likeness (QED) is 0.234. The molecule has 6 fully saturated rings. The van der Waals surface area contributed by atoms with E-state index in [1.54, 1.807) is 0 Å². The number of terminal acetylenes is 1. The summed E-state index contributed by atoms with van der Waals surface area (Å²) in [5, 5.41) is 14.7. The third-order valence-corrected chi connectivity index (χ3v) is 12.4. The molecule has 54 heavy (non-hydrogen) atoms. The first kappa shape index (κ1) is 33.6. The number of rotatable bonds is 9. The number of likely N-dealkylation sites (tertiary alicyclic amines) is 1. The lowest BCUT2D eigenvalue weighted by Gasteiger charge is -2.42. The van der Waals surface area contributed by atoms with Gasteiger partial charge in [0.15, 0.2) is 5.82 Å². The zero-order valence-electron chi connectivity index (χ0n) is 30.0. The molecule has 280 valence electrons. The third kappa shape index (κ3) is 5.62. The van der Waals surface area contributed by atoms with Crippen LogP contribution < -0.4 is 19.7 Å². The molecule has 2 aliphatic carbocycles. The van der Waals surface area contributed by atoms with Crippen LogP contribution in [0.4, 0.5) is 19.4 Å². The Balaban J connectivity index is 1.06. The van der Waals surface area contributed by atoms with Crippen LogP contribution in [0.25, 0.3) is 32.9 Å². The number of nitrogens with one attached hydrogen (secondary N) is 1. The first-order chi connectivity index (χ1) is 26.2. The number of nitrogens with zero attached hydrogens (tertiary/aromatic N) is 6. The Hall–Kier alpha value is -5.00. The average Bonchev–Trinajstić information content (AvgIpc) is 4.03. The van der Waals surface area contributed by atoms with E-state index in [0.29, 0.717) is 44.1 Å². The standard InChI is InChI=1S/C40H41F2N7O5/c1-3-28-30(41)7-4-21-11-27(50)12-29(31(21)28)34-33(42)35-32(37(44-34)52-2)36(48-15-25-5-6-26(16-48)49(25)39(51)43-24-17-53-18-24)46-38(45-35)54-20-40(8-9-40)19-47-13-22-10-23(22)14-47/h1,4,7,11-12,22-26,50H,5-6,8-10,13-20H2,2H3,(H,43,51). The normalized spacial score (nSPS) is 25.4. The molecule has 2 bridgehead atoms. The van der Waals surface area contributed by atoms with Crippen LogP contribution in [-0.2, 0) is 4.74 Å². The van der Waals surface area contributed by atoms with E-state index in [2.05, 4.69) is 31.0 Å². The number of amides is 2. The molecule has 4 saturated heterocycles. The molecule has 6 heterocycles. The van der Waals surface area contributed by atoms with Crippen LogP contribution >= 0.6 is 0 Å². The molecule has 6 aliphatic rings. The highest BCUT2D eigenvalue weighted by atomic mass is 19.1. The predicted octanol–water partition coefficient (Wildman–Crippen LogP) is 4.69. The van der Waals surface area contributed by atoms with Crippen molar-refractivity contribution in [2.45, 2.75) is 50.2 Å². The number of benzene rings is 2. The van der Waals surface area contributed by atoms with E-state index in [-0.39, 0.29) is 80.3 Å². The number of methoxy groups -OCH3 is 1. The fraction of sp³-hybridized carbons (Fsp3) is 0.500. The van der Waals surface area contributed by atoms with Gasteiger partial charge in [0.25, 0.3) is 0 Å². The van der Waals surface area contributed by atoms with Crippen LogP contribution in [0.3, 0.4) is 0 Å². The Morgan fingerprint density at radius 2 is 1.83 bits per heavy atom. The van der Waals surface area contributed by atoms with Crippen LogP contribution in [0.2, 0.25) is 0 Å². The number of aromatic nitrogens is 3. The molecule has 2 N–H and O–H groups in total. The predicted molar refractivity (Wildman–Crippen MR) is 196 cm³/mol. The molecule has 4 aromatic rings. The topological polar surface area (TPSA) is 125 Å². The molecule has 0 radical (unpaired) electrons. The van der Waals surface area contributed by atoms with E-state index in [4.69, 9.17) is 25.6 Å². The van der Waals surface area contributed by atoms with Crippen molar-refractivity contribution in [2.75, 3.05) is 64.6 Å². The fourth-order valence-electron chi connectivity index (χ4n) is 9.29. The largest absolute Gasteiger partial charge is 0.508 e. The first-order valence-electron chi connectivity index (χ1n) is 18.8. The molecule has 2 aromatic carbocycles. The second-order valence-corrected chi connectivity index (χ2v) is 16.1. The van der Waals surface area contributed by atoms with E-state index >= 15 is 8.78 Å². The van der Waals surface area contributed by atoms with Crippen molar-refractivity contribution in [3.05, 3.63) is 41.5 Å². The molecule has 14 heteroatoms. The number of hydrogen-bond donors (Lipinski definition) is 2. The van der Waals surface area contributed by atoms with E-state index in [9.17, 15) is 9.90 Å². The number of carbonyl (C=O) groups excluding carboxylic acids is 1. The highest BCUT2D eigenvalue weighted by molar-refractivity contribution is 6.04. The average molecular weight is 738 g/mol. The lowest BCUT2D eigenvalue weighted by atomic mass is 9.95. The molecule has 2 aromatic heterocycles. The maximum absolute atomic E-state index is 17.3. The Morgan fingerprint density at radius 3 is 2.50 bits per heavy atom. The SMILES string of the molecule is C#Cc1c(F)ccc2cc(O)cc(-c3nc(OC)c4c(N5CC6CCC(C5)N6C(=O)NC5COC5)nc(OCC5(CN6CC7CC7C6)CC5)nc4c3F)c12. The van der Waals surface area contributed by atoms with Crippen molar-refractivity contribution in [1.82, 2.24) is 30.1 Å². The molecule has 4 atom stereocenters. The maximum atomic E-state index is 17.3. The Bertz CT molecular complexity index is 2230. The van der Waals surface area contributed by atoms with E-state index in [1.165, 1.54) is 37.8 Å². The summed E-state index contributed by atoms with van der Waals surface area (Å²) in [5.74, 6) is 2.85. The van der Waals surface area contributed by atoms with Gasteiger partial charge < -0.3 is 39.3 Å². The summed E-state index contributed by atoms with van der Waals surface area (Å²) in [6, 6.07) is 5.18. The number of urea groups is 1. The number of piperazine rings is 1.